The maximum absolute atomic E-state index is 12.2. The molecule has 0 radical (unpaired) electrons. The van der Waals surface area contributed by atoms with E-state index in [9.17, 15) is 9.59 Å². The molecule has 106 valence electrons. The normalized spacial score (nSPS) is 16.8. The van der Waals surface area contributed by atoms with Crippen LogP contribution in [-0.4, -0.2) is 18.0 Å². The van der Waals surface area contributed by atoms with Gasteiger partial charge in [0.2, 0.25) is 0 Å². The number of cyclic esters (lactones) is 1. The largest absolute Gasteiger partial charge is 0.448 e. The lowest BCUT2D eigenvalue weighted by molar-refractivity contribution is -0.125. The van der Waals surface area contributed by atoms with Gasteiger partial charge in [0.25, 0.3) is 5.91 Å². The van der Waals surface area contributed by atoms with E-state index in [1.807, 2.05) is 18.2 Å². The average Bonchev–Trinajstić information content (AvgIpc) is 2.47. The van der Waals surface area contributed by atoms with Crippen LogP contribution in [-0.2, 0) is 16.0 Å². The number of esters is 1. The van der Waals surface area contributed by atoms with Crippen LogP contribution < -0.4 is 5.32 Å². The van der Waals surface area contributed by atoms with Gasteiger partial charge in [-0.3, -0.25) is 4.79 Å². The molecule has 1 aliphatic rings. The van der Waals surface area contributed by atoms with E-state index in [1.54, 1.807) is 30.3 Å². The van der Waals surface area contributed by atoms with Gasteiger partial charge in [-0.1, -0.05) is 29.8 Å². The quantitative estimate of drug-likeness (QED) is 0.867. The van der Waals surface area contributed by atoms with Gasteiger partial charge in [-0.2, -0.15) is 0 Å². The van der Waals surface area contributed by atoms with E-state index in [0.717, 1.165) is 5.56 Å². The number of rotatable bonds is 2. The van der Waals surface area contributed by atoms with Gasteiger partial charge >= 0.3 is 5.97 Å². The maximum Gasteiger partial charge on any atom is 0.339 e. The molecule has 0 saturated carbocycles. The number of benzene rings is 2. The SMILES string of the molecule is O=C1OC(C(=O)Nc2ccccc2)Cc2cc(Cl)ccc21. The molecule has 1 amide bonds. The molecule has 2 aromatic rings. The summed E-state index contributed by atoms with van der Waals surface area (Å²) in [5.41, 5.74) is 1.85. The molecular weight excluding hydrogens is 290 g/mol. The molecule has 4 nitrogen and oxygen atoms in total. The van der Waals surface area contributed by atoms with Crippen LogP contribution in [0.15, 0.2) is 48.5 Å². The number of carbonyl (C=O) groups is 2. The number of anilines is 1. The second kappa shape index (κ2) is 5.58. The summed E-state index contributed by atoms with van der Waals surface area (Å²) in [5.74, 6) is -0.846. The van der Waals surface area contributed by atoms with Crippen LogP contribution in [0, 0.1) is 0 Å². The van der Waals surface area contributed by atoms with Crippen LogP contribution in [0.25, 0.3) is 0 Å². The van der Waals surface area contributed by atoms with Gasteiger partial charge in [-0.15, -0.1) is 0 Å². The van der Waals surface area contributed by atoms with E-state index in [1.165, 1.54) is 0 Å². The van der Waals surface area contributed by atoms with E-state index >= 15 is 0 Å². The number of ether oxygens (including phenoxy) is 1. The minimum Gasteiger partial charge on any atom is -0.448 e. The number of amides is 1. The lowest BCUT2D eigenvalue weighted by atomic mass is 9.98. The molecule has 1 heterocycles. The Kier molecular flexibility index (Phi) is 3.62. The van der Waals surface area contributed by atoms with Crippen molar-refractivity contribution in [3.05, 3.63) is 64.7 Å². The van der Waals surface area contributed by atoms with Crippen LogP contribution >= 0.6 is 11.6 Å². The fraction of sp³-hybridized carbons (Fsp3) is 0.125. The second-order valence-corrected chi connectivity index (χ2v) is 5.19. The molecule has 1 atom stereocenters. The summed E-state index contributed by atoms with van der Waals surface area (Å²) in [5, 5.41) is 3.26. The number of hydrogen-bond acceptors (Lipinski definition) is 3. The Balaban J connectivity index is 1.79. The number of halogens is 1. The molecule has 3 rings (SSSR count). The van der Waals surface area contributed by atoms with Crippen molar-refractivity contribution in [3.63, 3.8) is 0 Å². The first-order chi connectivity index (χ1) is 10.1. The van der Waals surface area contributed by atoms with Crippen molar-refractivity contribution in [2.75, 3.05) is 5.32 Å². The van der Waals surface area contributed by atoms with Gasteiger partial charge in [0.05, 0.1) is 5.56 Å². The Morgan fingerprint density at radius 1 is 1.19 bits per heavy atom. The highest BCUT2D eigenvalue weighted by Crippen LogP contribution is 2.24. The van der Waals surface area contributed by atoms with Crippen molar-refractivity contribution in [2.45, 2.75) is 12.5 Å². The van der Waals surface area contributed by atoms with E-state index in [-0.39, 0.29) is 5.91 Å². The minimum absolute atomic E-state index is 0.320. The Morgan fingerprint density at radius 3 is 2.71 bits per heavy atom. The number of para-hydroxylation sites is 1. The predicted molar refractivity (Wildman–Crippen MR) is 79.4 cm³/mol. The maximum atomic E-state index is 12.2. The summed E-state index contributed by atoms with van der Waals surface area (Å²) in [6.07, 6.45) is -0.524. The number of hydrogen-bond donors (Lipinski definition) is 1. The molecule has 21 heavy (non-hydrogen) atoms. The smallest absolute Gasteiger partial charge is 0.339 e. The summed E-state index contributed by atoms with van der Waals surface area (Å²) in [6.45, 7) is 0. The van der Waals surface area contributed by atoms with Gasteiger partial charge in [0.1, 0.15) is 0 Å². The van der Waals surface area contributed by atoms with Crippen molar-refractivity contribution in [2.24, 2.45) is 0 Å². The lowest BCUT2D eigenvalue weighted by Crippen LogP contribution is -2.37. The predicted octanol–water partition coefficient (Wildman–Crippen LogP) is 3.06. The van der Waals surface area contributed by atoms with Gasteiger partial charge in [0.15, 0.2) is 6.10 Å². The van der Waals surface area contributed by atoms with Crippen LogP contribution in [0.4, 0.5) is 5.69 Å². The summed E-state index contributed by atoms with van der Waals surface area (Å²) < 4.78 is 5.19. The number of carbonyl (C=O) groups excluding carboxylic acids is 2. The molecule has 0 aliphatic carbocycles. The highest BCUT2D eigenvalue weighted by atomic mass is 35.5. The highest BCUT2D eigenvalue weighted by Gasteiger charge is 2.31. The first-order valence-electron chi connectivity index (χ1n) is 6.49. The third-order valence-corrected chi connectivity index (χ3v) is 3.51. The number of nitrogens with one attached hydrogen (secondary N) is 1. The molecular formula is C16H12ClNO3. The zero-order valence-electron chi connectivity index (χ0n) is 11.0. The third kappa shape index (κ3) is 2.90. The van der Waals surface area contributed by atoms with E-state index < -0.39 is 12.1 Å². The van der Waals surface area contributed by atoms with Crippen LogP contribution in [0.2, 0.25) is 5.02 Å². The third-order valence-electron chi connectivity index (χ3n) is 3.28. The summed E-state index contributed by atoms with van der Waals surface area (Å²) in [6, 6.07) is 14.0. The van der Waals surface area contributed by atoms with Crippen molar-refractivity contribution < 1.29 is 14.3 Å². The van der Waals surface area contributed by atoms with E-state index in [2.05, 4.69) is 5.32 Å². The van der Waals surface area contributed by atoms with Gasteiger partial charge < -0.3 is 10.1 Å². The van der Waals surface area contributed by atoms with E-state index in [0.29, 0.717) is 22.7 Å². The average molecular weight is 302 g/mol. The van der Waals surface area contributed by atoms with Crippen LogP contribution in [0.5, 0.6) is 0 Å². The first-order valence-corrected chi connectivity index (χ1v) is 6.86. The fourth-order valence-corrected chi connectivity index (χ4v) is 2.45. The zero-order valence-corrected chi connectivity index (χ0v) is 11.8. The van der Waals surface area contributed by atoms with Gasteiger partial charge in [0, 0.05) is 17.1 Å². The molecule has 0 spiro atoms. The van der Waals surface area contributed by atoms with Crippen molar-refractivity contribution in [1.29, 1.82) is 0 Å². The summed E-state index contributed by atoms with van der Waals surface area (Å²) >= 11 is 5.93. The standard InChI is InChI=1S/C16H12ClNO3/c17-11-6-7-13-10(8-11)9-14(21-16(13)20)15(19)18-12-4-2-1-3-5-12/h1-8,14H,9H2,(H,18,19). The molecule has 1 N–H and O–H groups in total. The Labute approximate surface area is 126 Å². The Hall–Kier alpha value is -2.33. The topological polar surface area (TPSA) is 55.4 Å². The van der Waals surface area contributed by atoms with Crippen LogP contribution in [0.1, 0.15) is 15.9 Å². The van der Waals surface area contributed by atoms with Gasteiger partial charge in [-0.25, -0.2) is 4.79 Å². The molecule has 0 saturated heterocycles. The monoisotopic (exact) mass is 301 g/mol. The zero-order chi connectivity index (χ0) is 14.8. The molecule has 2 aromatic carbocycles. The van der Waals surface area contributed by atoms with Crippen molar-refractivity contribution >= 4 is 29.2 Å². The fourth-order valence-electron chi connectivity index (χ4n) is 2.25. The lowest BCUT2D eigenvalue weighted by Gasteiger charge is -2.24. The second-order valence-electron chi connectivity index (χ2n) is 4.75. The summed E-state index contributed by atoms with van der Waals surface area (Å²) in [4.78, 5) is 24.1. The number of fused-ring (bicyclic) bond motifs is 1. The van der Waals surface area contributed by atoms with Crippen LogP contribution in [0.3, 0.4) is 0 Å². The van der Waals surface area contributed by atoms with Crippen molar-refractivity contribution in [3.8, 4) is 0 Å². The molecule has 0 bridgehead atoms. The first kappa shape index (κ1) is 13.6. The summed E-state index contributed by atoms with van der Waals surface area (Å²) in [7, 11) is 0. The molecule has 0 aromatic heterocycles. The minimum atomic E-state index is -0.844. The molecule has 0 fully saturated rings. The molecule has 5 heteroatoms. The Morgan fingerprint density at radius 2 is 1.95 bits per heavy atom. The molecule has 1 aliphatic heterocycles. The van der Waals surface area contributed by atoms with Gasteiger partial charge in [-0.05, 0) is 35.9 Å². The van der Waals surface area contributed by atoms with E-state index in [4.69, 9.17) is 16.3 Å². The molecule has 1 unspecified atom stereocenters. The van der Waals surface area contributed by atoms with Crippen molar-refractivity contribution in [1.82, 2.24) is 0 Å². The Bertz CT molecular complexity index is 700. The highest BCUT2D eigenvalue weighted by molar-refractivity contribution is 6.30.